The van der Waals surface area contributed by atoms with Gasteiger partial charge in [-0.3, -0.25) is 0 Å². The van der Waals surface area contributed by atoms with Crippen LogP contribution >= 0.6 is 0 Å². The summed E-state index contributed by atoms with van der Waals surface area (Å²) >= 11 is 0. The molecule has 0 saturated heterocycles. The molecule has 0 spiro atoms. The van der Waals surface area contributed by atoms with E-state index in [4.69, 9.17) is 4.98 Å². The highest BCUT2D eigenvalue weighted by atomic mass is 14.9. The van der Waals surface area contributed by atoms with Gasteiger partial charge in [0.05, 0.1) is 0 Å². The van der Waals surface area contributed by atoms with E-state index in [9.17, 15) is 0 Å². The molecule has 0 bridgehead atoms. The van der Waals surface area contributed by atoms with E-state index in [2.05, 4.69) is 23.3 Å². The van der Waals surface area contributed by atoms with Crippen LogP contribution in [0.5, 0.6) is 0 Å². The summed E-state index contributed by atoms with van der Waals surface area (Å²) in [5, 5.41) is 3.21. The second-order valence-electron chi connectivity index (χ2n) is 4.63. The number of nitrogens with zero attached hydrogens (tertiary/aromatic N) is 2. The Morgan fingerprint density at radius 3 is 2.88 bits per heavy atom. The highest BCUT2D eigenvalue weighted by Crippen LogP contribution is 2.35. The van der Waals surface area contributed by atoms with E-state index in [1.165, 1.54) is 25.0 Å². The summed E-state index contributed by atoms with van der Waals surface area (Å²) in [6, 6.07) is 2.08. The van der Waals surface area contributed by atoms with Gasteiger partial charge in [0.2, 0.25) is 0 Å². The van der Waals surface area contributed by atoms with Gasteiger partial charge in [0.25, 0.3) is 0 Å². The van der Waals surface area contributed by atoms with Crippen LogP contribution < -0.4 is 5.32 Å². The zero-order chi connectivity index (χ0) is 11.4. The van der Waals surface area contributed by atoms with Crippen LogP contribution in [0.4, 0.5) is 0 Å². The molecule has 0 aliphatic heterocycles. The minimum atomic E-state index is 0.449. The Morgan fingerprint density at radius 1 is 1.50 bits per heavy atom. The second-order valence-corrected chi connectivity index (χ2v) is 4.63. The fourth-order valence-corrected chi connectivity index (χ4v) is 2.18. The molecule has 0 aromatic carbocycles. The van der Waals surface area contributed by atoms with Crippen molar-refractivity contribution in [2.45, 2.75) is 44.4 Å². The molecule has 3 heteroatoms. The number of aromatic nitrogens is 2. The lowest BCUT2D eigenvalue weighted by Crippen LogP contribution is -2.20. The minimum Gasteiger partial charge on any atom is -0.319 e. The smallest absolute Gasteiger partial charge is 0.132 e. The Morgan fingerprint density at radius 2 is 2.31 bits per heavy atom. The van der Waals surface area contributed by atoms with Gasteiger partial charge in [0, 0.05) is 30.3 Å². The standard InChI is InChI=1S/C13H21N3/c1-3-10(9-14-2)13-15-8-7-12(16-13)11-5-4-6-11/h7-8,10-11,14H,3-6,9H2,1-2H3. The first-order valence-corrected chi connectivity index (χ1v) is 6.32. The van der Waals surface area contributed by atoms with E-state index >= 15 is 0 Å². The van der Waals surface area contributed by atoms with Crippen LogP contribution in [0.3, 0.4) is 0 Å². The van der Waals surface area contributed by atoms with Crippen LogP contribution in [0, 0.1) is 0 Å². The summed E-state index contributed by atoms with van der Waals surface area (Å²) in [4.78, 5) is 9.15. The van der Waals surface area contributed by atoms with Gasteiger partial charge in [0.1, 0.15) is 5.82 Å². The van der Waals surface area contributed by atoms with Crippen LogP contribution in [-0.2, 0) is 0 Å². The van der Waals surface area contributed by atoms with Crippen molar-refractivity contribution >= 4 is 0 Å². The summed E-state index contributed by atoms with van der Waals surface area (Å²) in [6.07, 6.45) is 6.99. The largest absolute Gasteiger partial charge is 0.319 e. The Hall–Kier alpha value is -0.960. The number of hydrogen-bond acceptors (Lipinski definition) is 3. The number of rotatable bonds is 5. The molecule has 16 heavy (non-hydrogen) atoms. The highest BCUT2D eigenvalue weighted by Gasteiger charge is 2.22. The van der Waals surface area contributed by atoms with Crippen LogP contribution in [-0.4, -0.2) is 23.6 Å². The maximum Gasteiger partial charge on any atom is 0.132 e. The Labute approximate surface area is 97.7 Å². The van der Waals surface area contributed by atoms with Crippen molar-refractivity contribution in [3.63, 3.8) is 0 Å². The Balaban J connectivity index is 2.13. The first kappa shape index (κ1) is 11.5. The predicted octanol–water partition coefficient (Wildman–Crippen LogP) is 2.46. The zero-order valence-electron chi connectivity index (χ0n) is 10.2. The summed E-state index contributed by atoms with van der Waals surface area (Å²) in [5.41, 5.74) is 1.26. The molecule has 3 nitrogen and oxygen atoms in total. The highest BCUT2D eigenvalue weighted by molar-refractivity contribution is 5.13. The maximum absolute atomic E-state index is 4.73. The topological polar surface area (TPSA) is 37.8 Å². The van der Waals surface area contributed by atoms with Crippen molar-refractivity contribution < 1.29 is 0 Å². The molecular formula is C13H21N3. The Kier molecular flexibility index (Phi) is 3.88. The molecule has 1 aromatic heterocycles. The van der Waals surface area contributed by atoms with Crippen molar-refractivity contribution in [3.8, 4) is 0 Å². The van der Waals surface area contributed by atoms with Crippen molar-refractivity contribution in [1.29, 1.82) is 0 Å². The molecule has 1 saturated carbocycles. The summed E-state index contributed by atoms with van der Waals surface area (Å²) in [5.74, 6) is 2.17. The number of likely N-dealkylation sites (N-methyl/N-ethyl adjacent to an activating group) is 1. The van der Waals surface area contributed by atoms with Crippen molar-refractivity contribution in [3.05, 3.63) is 23.8 Å². The monoisotopic (exact) mass is 219 g/mol. The maximum atomic E-state index is 4.73. The van der Waals surface area contributed by atoms with Crippen LogP contribution in [0.1, 0.15) is 56.0 Å². The molecule has 0 amide bonds. The molecular weight excluding hydrogens is 198 g/mol. The molecule has 1 heterocycles. The lowest BCUT2D eigenvalue weighted by atomic mass is 9.83. The van der Waals surface area contributed by atoms with Gasteiger partial charge >= 0.3 is 0 Å². The molecule has 1 N–H and O–H groups in total. The molecule has 88 valence electrons. The first-order chi connectivity index (χ1) is 7.85. The van der Waals surface area contributed by atoms with Gasteiger partial charge in [-0.2, -0.15) is 0 Å². The summed E-state index contributed by atoms with van der Waals surface area (Å²) in [7, 11) is 1.98. The van der Waals surface area contributed by atoms with Crippen molar-refractivity contribution in [2.75, 3.05) is 13.6 Å². The molecule has 0 radical (unpaired) electrons. The number of hydrogen-bond donors (Lipinski definition) is 1. The van der Waals surface area contributed by atoms with Gasteiger partial charge < -0.3 is 5.32 Å². The molecule has 2 rings (SSSR count). The minimum absolute atomic E-state index is 0.449. The average Bonchev–Trinajstić information content (AvgIpc) is 2.24. The number of nitrogens with one attached hydrogen (secondary N) is 1. The van der Waals surface area contributed by atoms with Crippen molar-refractivity contribution in [1.82, 2.24) is 15.3 Å². The zero-order valence-corrected chi connectivity index (χ0v) is 10.2. The van der Waals surface area contributed by atoms with E-state index < -0.39 is 0 Å². The van der Waals surface area contributed by atoms with Gasteiger partial charge in [-0.05, 0) is 32.4 Å². The van der Waals surface area contributed by atoms with Crippen molar-refractivity contribution in [2.24, 2.45) is 0 Å². The first-order valence-electron chi connectivity index (χ1n) is 6.32. The molecule has 1 aliphatic rings. The van der Waals surface area contributed by atoms with E-state index in [0.717, 1.165) is 18.8 Å². The van der Waals surface area contributed by atoms with E-state index in [-0.39, 0.29) is 0 Å². The fourth-order valence-electron chi connectivity index (χ4n) is 2.18. The third-order valence-corrected chi connectivity index (χ3v) is 3.53. The second kappa shape index (κ2) is 5.39. The van der Waals surface area contributed by atoms with Gasteiger partial charge in [-0.15, -0.1) is 0 Å². The molecule has 1 aliphatic carbocycles. The van der Waals surface area contributed by atoms with Crippen LogP contribution in [0.25, 0.3) is 0 Å². The van der Waals surface area contributed by atoms with E-state index in [1.54, 1.807) is 0 Å². The lowest BCUT2D eigenvalue weighted by molar-refractivity contribution is 0.407. The van der Waals surface area contributed by atoms with Crippen LogP contribution in [0.2, 0.25) is 0 Å². The molecule has 1 fully saturated rings. The summed E-state index contributed by atoms with van der Waals surface area (Å²) < 4.78 is 0. The molecule has 1 unspecified atom stereocenters. The van der Waals surface area contributed by atoms with Gasteiger partial charge in [-0.1, -0.05) is 13.3 Å². The van der Waals surface area contributed by atoms with E-state index in [0.29, 0.717) is 11.8 Å². The molecule has 1 atom stereocenters. The third-order valence-electron chi connectivity index (χ3n) is 3.53. The SMILES string of the molecule is CCC(CNC)c1nccc(C2CCC2)n1. The van der Waals surface area contributed by atoms with Crippen LogP contribution in [0.15, 0.2) is 12.3 Å². The quantitative estimate of drug-likeness (QED) is 0.826. The van der Waals surface area contributed by atoms with Gasteiger partial charge in [-0.25, -0.2) is 9.97 Å². The predicted molar refractivity (Wildman–Crippen MR) is 65.6 cm³/mol. The molecule has 1 aromatic rings. The third kappa shape index (κ3) is 2.40. The average molecular weight is 219 g/mol. The normalized spacial score (nSPS) is 18.1. The fraction of sp³-hybridized carbons (Fsp3) is 0.692. The lowest BCUT2D eigenvalue weighted by Gasteiger charge is -2.25. The van der Waals surface area contributed by atoms with E-state index in [1.807, 2.05) is 13.2 Å². The van der Waals surface area contributed by atoms with Gasteiger partial charge in [0.15, 0.2) is 0 Å². The summed E-state index contributed by atoms with van der Waals surface area (Å²) in [6.45, 7) is 3.16. The Bertz CT molecular complexity index is 334.